The van der Waals surface area contributed by atoms with E-state index in [9.17, 15) is 13.2 Å². The minimum Gasteiger partial charge on any atom is -0.376 e. The van der Waals surface area contributed by atoms with E-state index in [0.717, 1.165) is 10.2 Å². The minimum absolute atomic E-state index is 0.0373. The first kappa shape index (κ1) is 18.9. The Bertz CT molecular complexity index is 849. The summed E-state index contributed by atoms with van der Waals surface area (Å²) in [5, 5.41) is 3.09. The molecule has 138 valence electrons. The molecule has 0 unspecified atom stereocenters. The molecule has 1 saturated heterocycles. The van der Waals surface area contributed by atoms with Crippen LogP contribution in [0.25, 0.3) is 0 Å². The quantitative estimate of drug-likeness (QED) is 0.779. The van der Waals surface area contributed by atoms with Gasteiger partial charge in [0.15, 0.2) is 0 Å². The number of halogens is 1. The van der Waals surface area contributed by atoms with Crippen molar-refractivity contribution >= 4 is 37.5 Å². The van der Waals surface area contributed by atoms with Crippen molar-refractivity contribution in [1.29, 1.82) is 0 Å². The van der Waals surface area contributed by atoms with Gasteiger partial charge in [-0.05, 0) is 36.4 Å². The molecular weight excluding hydrogens is 418 g/mol. The fourth-order valence-corrected chi connectivity index (χ4v) is 4.48. The van der Waals surface area contributed by atoms with Gasteiger partial charge in [0.25, 0.3) is 0 Å². The number of benzene rings is 2. The van der Waals surface area contributed by atoms with Crippen molar-refractivity contribution in [3.63, 3.8) is 0 Å². The molecule has 6 nitrogen and oxygen atoms in total. The fourth-order valence-electron chi connectivity index (χ4n) is 2.78. The van der Waals surface area contributed by atoms with Crippen LogP contribution in [0.3, 0.4) is 0 Å². The lowest BCUT2D eigenvalue weighted by Gasteiger charge is -2.34. The Morgan fingerprint density at radius 2 is 1.58 bits per heavy atom. The van der Waals surface area contributed by atoms with Gasteiger partial charge in [0.1, 0.15) is 0 Å². The van der Waals surface area contributed by atoms with E-state index in [1.165, 1.54) is 4.31 Å². The summed E-state index contributed by atoms with van der Waals surface area (Å²) in [4.78, 5) is 14.3. The first-order valence-corrected chi connectivity index (χ1v) is 10.5. The van der Waals surface area contributed by atoms with Gasteiger partial charge in [-0.2, -0.15) is 4.31 Å². The third-order valence-electron chi connectivity index (χ3n) is 4.26. The van der Waals surface area contributed by atoms with E-state index in [1.807, 2.05) is 24.3 Å². The highest BCUT2D eigenvalue weighted by Gasteiger charge is 2.29. The zero-order valence-electron chi connectivity index (χ0n) is 14.1. The lowest BCUT2D eigenvalue weighted by atomic mass is 10.3. The molecule has 1 heterocycles. The van der Waals surface area contributed by atoms with E-state index < -0.39 is 10.0 Å². The Kier molecular flexibility index (Phi) is 5.95. The number of sulfonamides is 1. The molecule has 2 aromatic rings. The van der Waals surface area contributed by atoms with E-state index in [2.05, 4.69) is 21.2 Å². The van der Waals surface area contributed by atoms with Gasteiger partial charge < -0.3 is 10.2 Å². The zero-order chi connectivity index (χ0) is 18.6. The van der Waals surface area contributed by atoms with Gasteiger partial charge >= 0.3 is 0 Å². The zero-order valence-corrected chi connectivity index (χ0v) is 16.5. The maximum atomic E-state index is 12.6. The van der Waals surface area contributed by atoms with Gasteiger partial charge in [0, 0.05) is 36.3 Å². The van der Waals surface area contributed by atoms with E-state index in [-0.39, 0.29) is 17.3 Å². The van der Waals surface area contributed by atoms with Crippen molar-refractivity contribution in [2.24, 2.45) is 0 Å². The number of rotatable bonds is 5. The number of nitrogens with one attached hydrogen (secondary N) is 1. The summed E-state index contributed by atoms with van der Waals surface area (Å²) in [6.07, 6.45) is 0. The predicted octanol–water partition coefficient (Wildman–Crippen LogP) is 2.39. The van der Waals surface area contributed by atoms with Crippen molar-refractivity contribution in [1.82, 2.24) is 9.21 Å². The maximum Gasteiger partial charge on any atom is 0.243 e. The van der Waals surface area contributed by atoms with E-state index in [4.69, 9.17) is 0 Å². The predicted molar refractivity (Wildman–Crippen MR) is 104 cm³/mol. The average Bonchev–Trinajstić information content (AvgIpc) is 2.68. The van der Waals surface area contributed by atoms with Crippen molar-refractivity contribution in [3.05, 3.63) is 59.1 Å². The van der Waals surface area contributed by atoms with E-state index in [1.54, 1.807) is 35.2 Å². The molecule has 1 amide bonds. The Hall–Kier alpha value is -1.90. The highest BCUT2D eigenvalue weighted by molar-refractivity contribution is 9.10. The third kappa shape index (κ3) is 4.44. The first-order chi connectivity index (χ1) is 12.5. The molecule has 0 atom stereocenters. The van der Waals surface area contributed by atoms with Crippen LogP contribution in [0.2, 0.25) is 0 Å². The van der Waals surface area contributed by atoms with Crippen LogP contribution in [0.5, 0.6) is 0 Å². The fraction of sp³-hybridized carbons (Fsp3) is 0.278. The normalized spacial score (nSPS) is 15.7. The number of piperazine rings is 1. The van der Waals surface area contributed by atoms with Crippen LogP contribution in [0, 0.1) is 0 Å². The second kappa shape index (κ2) is 8.20. The molecular formula is C18H20BrN3O3S. The number of hydrogen-bond acceptors (Lipinski definition) is 4. The lowest BCUT2D eigenvalue weighted by molar-refractivity contribution is -0.130. The molecule has 0 aromatic heterocycles. The Morgan fingerprint density at radius 1 is 0.962 bits per heavy atom. The van der Waals surface area contributed by atoms with Crippen LogP contribution < -0.4 is 5.32 Å². The summed E-state index contributed by atoms with van der Waals surface area (Å²) in [5.74, 6) is -0.0373. The number of nitrogens with zero attached hydrogens (tertiary/aromatic N) is 2. The van der Waals surface area contributed by atoms with Crippen LogP contribution in [-0.2, 0) is 14.8 Å². The molecule has 3 rings (SSSR count). The number of amides is 1. The van der Waals surface area contributed by atoms with Gasteiger partial charge in [0.2, 0.25) is 15.9 Å². The lowest BCUT2D eigenvalue weighted by Crippen LogP contribution is -2.51. The topological polar surface area (TPSA) is 69.7 Å². The van der Waals surface area contributed by atoms with Crippen molar-refractivity contribution in [3.8, 4) is 0 Å². The number of hydrogen-bond donors (Lipinski definition) is 1. The van der Waals surface area contributed by atoms with Crippen LogP contribution in [0.1, 0.15) is 0 Å². The molecule has 26 heavy (non-hydrogen) atoms. The molecule has 1 aliphatic rings. The van der Waals surface area contributed by atoms with Crippen molar-refractivity contribution in [2.75, 3.05) is 38.0 Å². The van der Waals surface area contributed by atoms with Gasteiger partial charge in [0.05, 0.1) is 11.4 Å². The summed E-state index contributed by atoms with van der Waals surface area (Å²) in [6, 6.07) is 16.0. The average molecular weight is 438 g/mol. The molecule has 0 radical (unpaired) electrons. The molecule has 0 spiro atoms. The Labute approximate surface area is 162 Å². The standard InChI is InChI=1S/C18H20BrN3O3S/c19-15-6-8-16(9-7-15)20-14-18(23)21-10-12-22(13-11-21)26(24,25)17-4-2-1-3-5-17/h1-9,20H,10-14H2. The van der Waals surface area contributed by atoms with Gasteiger partial charge in [-0.1, -0.05) is 34.1 Å². The first-order valence-electron chi connectivity index (χ1n) is 8.29. The third-order valence-corrected chi connectivity index (χ3v) is 6.70. The molecule has 0 saturated carbocycles. The molecule has 1 aliphatic heterocycles. The van der Waals surface area contributed by atoms with Crippen molar-refractivity contribution < 1.29 is 13.2 Å². The molecule has 2 aromatic carbocycles. The highest BCUT2D eigenvalue weighted by Crippen LogP contribution is 2.17. The number of carbonyl (C=O) groups excluding carboxylic acids is 1. The number of carbonyl (C=O) groups is 1. The van der Waals surface area contributed by atoms with Crippen LogP contribution >= 0.6 is 15.9 Å². The smallest absolute Gasteiger partial charge is 0.243 e. The van der Waals surface area contributed by atoms with E-state index >= 15 is 0 Å². The summed E-state index contributed by atoms with van der Waals surface area (Å²) >= 11 is 3.37. The monoisotopic (exact) mass is 437 g/mol. The summed E-state index contributed by atoms with van der Waals surface area (Å²) in [5.41, 5.74) is 0.867. The maximum absolute atomic E-state index is 12.6. The summed E-state index contributed by atoms with van der Waals surface area (Å²) < 4.78 is 27.6. The molecule has 0 aliphatic carbocycles. The number of anilines is 1. The SMILES string of the molecule is O=C(CNc1ccc(Br)cc1)N1CCN(S(=O)(=O)c2ccccc2)CC1. The Morgan fingerprint density at radius 3 is 2.19 bits per heavy atom. The molecule has 1 fully saturated rings. The highest BCUT2D eigenvalue weighted by atomic mass is 79.9. The van der Waals surface area contributed by atoms with E-state index in [0.29, 0.717) is 26.2 Å². The molecule has 8 heteroatoms. The second-order valence-corrected chi connectivity index (χ2v) is 8.81. The molecule has 1 N–H and O–H groups in total. The minimum atomic E-state index is -3.50. The second-order valence-electron chi connectivity index (χ2n) is 5.96. The van der Waals surface area contributed by atoms with Crippen LogP contribution in [-0.4, -0.2) is 56.3 Å². The van der Waals surface area contributed by atoms with Crippen LogP contribution in [0.15, 0.2) is 64.0 Å². The Balaban J connectivity index is 1.53. The largest absolute Gasteiger partial charge is 0.376 e. The van der Waals surface area contributed by atoms with Gasteiger partial charge in [-0.25, -0.2) is 8.42 Å². The summed E-state index contributed by atoms with van der Waals surface area (Å²) in [6.45, 7) is 1.59. The summed E-state index contributed by atoms with van der Waals surface area (Å²) in [7, 11) is -3.50. The van der Waals surface area contributed by atoms with Gasteiger partial charge in [-0.3, -0.25) is 4.79 Å². The van der Waals surface area contributed by atoms with Crippen LogP contribution in [0.4, 0.5) is 5.69 Å². The van der Waals surface area contributed by atoms with Gasteiger partial charge in [-0.15, -0.1) is 0 Å². The van der Waals surface area contributed by atoms with Crippen molar-refractivity contribution in [2.45, 2.75) is 4.90 Å². The molecule has 0 bridgehead atoms.